The number of nitrogens with zero attached hydrogens (tertiary/aromatic N) is 2. The lowest BCUT2D eigenvalue weighted by Crippen LogP contribution is -2.43. The standard InChI is InChI=1S/C18H40N4O.HI/c1-7-18(23,8-2)15-20-17(19-9-3)21-16(6)13-12-14-22(10-4)11-5;/h16,23H,7-15H2,1-6H3,(H2,19,20,21);1H. The van der Waals surface area contributed by atoms with Crippen LogP contribution < -0.4 is 10.6 Å². The SMILES string of the molecule is CCNC(=NCC(O)(CC)CC)NC(C)CCCN(CC)CC.I. The number of nitrogens with one attached hydrogen (secondary N) is 2. The third-order valence-electron chi connectivity index (χ3n) is 4.58. The van der Waals surface area contributed by atoms with Gasteiger partial charge in [0.25, 0.3) is 0 Å². The Morgan fingerprint density at radius 3 is 2.17 bits per heavy atom. The van der Waals surface area contributed by atoms with E-state index in [1.165, 1.54) is 6.42 Å². The zero-order valence-corrected chi connectivity index (χ0v) is 19.0. The molecule has 146 valence electrons. The van der Waals surface area contributed by atoms with E-state index in [4.69, 9.17) is 0 Å². The average Bonchev–Trinajstić information content (AvgIpc) is 2.56. The predicted octanol–water partition coefficient (Wildman–Crippen LogP) is 3.22. The average molecular weight is 456 g/mol. The Balaban J connectivity index is 0. The minimum Gasteiger partial charge on any atom is -0.388 e. The third kappa shape index (κ3) is 11.5. The first kappa shape index (κ1) is 26.2. The number of guanidine groups is 1. The van der Waals surface area contributed by atoms with E-state index in [1.807, 2.05) is 13.8 Å². The molecule has 0 rings (SSSR count). The molecule has 0 aliphatic carbocycles. The number of rotatable bonds is 12. The van der Waals surface area contributed by atoms with E-state index < -0.39 is 5.60 Å². The van der Waals surface area contributed by atoms with E-state index in [2.05, 4.69) is 48.2 Å². The molecule has 0 fully saturated rings. The third-order valence-corrected chi connectivity index (χ3v) is 4.58. The summed E-state index contributed by atoms with van der Waals surface area (Å²) in [6.07, 6.45) is 3.76. The first-order chi connectivity index (χ1) is 10.9. The molecule has 0 amide bonds. The topological polar surface area (TPSA) is 59.9 Å². The van der Waals surface area contributed by atoms with E-state index in [-0.39, 0.29) is 24.0 Å². The first-order valence-corrected chi connectivity index (χ1v) is 9.44. The van der Waals surface area contributed by atoms with Gasteiger partial charge in [0, 0.05) is 12.6 Å². The largest absolute Gasteiger partial charge is 0.388 e. The Morgan fingerprint density at radius 2 is 1.71 bits per heavy atom. The normalized spacial score (nSPS) is 13.6. The van der Waals surface area contributed by atoms with Gasteiger partial charge in [0.15, 0.2) is 5.96 Å². The van der Waals surface area contributed by atoms with Gasteiger partial charge in [-0.3, -0.25) is 4.99 Å². The van der Waals surface area contributed by atoms with Crippen LogP contribution in [0.25, 0.3) is 0 Å². The first-order valence-electron chi connectivity index (χ1n) is 9.44. The number of aliphatic imine (C=N–C) groups is 1. The van der Waals surface area contributed by atoms with E-state index in [1.54, 1.807) is 0 Å². The molecule has 6 heteroatoms. The van der Waals surface area contributed by atoms with Crippen molar-refractivity contribution in [3.63, 3.8) is 0 Å². The second-order valence-corrected chi connectivity index (χ2v) is 6.34. The van der Waals surface area contributed by atoms with Crippen molar-refractivity contribution in [3.05, 3.63) is 0 Å². The molecular formula is C18H41IN4O. The lowest BCUT2D eigenvalue weighted by atomic mass is 9.98. The highest BCUT2D eigenvalue weighted by atomic mass is 127. The van der Waals surface area contributed by atoms with Gasteiger partial charge in [-0.2, -0.15) is 0 Å². The molecular weight excluding hydrogens is 415 g/mol. The summed E-state index contributed by atoms with van der Waals surface area (Å²) < 4.78 is 0. The van der Waals surface area contributed by atoms with Gasteiger partial charge < -0.3 is 20.6 Å². The molecule has 5 nitrogen and oxygen atoms in total. The van der Waals surface area contributed by atoms with Gasteiger partial charge in [-0.1, -0.05) is 27.7 Å². The van der Waals surface area contributed by atoms with Crippen LogP contribution in [0.1, 0.15) is 67.2 Å². The highest BCUT2D eigenvalue weighted by molar-refractivity contribution is 14.0. The molecule has 0 saturated carbocycles. The number of aliphatic hydroxyl groups is 1. The maximum atomic E-state index is 10.4. The van der Waals surface area contributed by atoms with Gasteiger partial charge in [-0.05, 0) is 59.2 Å². The molecule has 1 unspecified atom stereocenters. The molecule has 0 aliphatic heterocycles. The van der Waals surface area contributed by atoms with Crippen LogP contribution in [-0.2, 0) is 0 Å². The minimum absolute atomic E-state index is 0. The second kappa shape index (κ2) is 15.2. The molecule has 0 heterocycles. The molecule has 0 bridgehead atoms. The Labute approximate surface area is 167 Å². The highest BCUT2D eigenvalue weighted by Gasteiger charge is 2.21. The number of hydrogen-bond acceptors (Lipinski definition) is 3. The van der Waals surface area contributed by atoms with Crippen molar-refractivity contribution in [1.82, 2.24) is 15.5 Å². The summed E-state index contributed by atoms with van der Waals surface area (Å²) in [5.74, 6) is 0.808. The van der Waals surface area contributed by atoms with Crippen molar-refractivity contribution in [3.8, 4) is 0 Å². The fourth-order valence-corrected chi connectivity index (χ4v) is 2.49. The second-order valence-electron chi connectivity index (χ2n) is 6.34. The minimum atomic E-state index is -0.686. The summed E-state index contributed by atoms with van der Waals surface area (Å²) in [5.41, 5.74) is -0.686. The quantitative estimate of drug-likeness (QED) is 0.240. The Hall–Kier alpha value is -0.0800. The van der Waals surface area contributed by atoms with Gasteiger partial charge in [-0.25, -0.2) is 0 Å². The highest BCUT2D eigenvalue weighted by Crippen LogP contribution is 2.14. The summed E-state index contributed by atoms with van der Waals surface area (Å²) in [7, 11) is 0. The van der Waals surface area contributed by atoms with Crippen LogP contribution in [-0.4, -0.2) is 60.3 Å². The maximum Gasteiger partial charge on any atom is 0.191 e. The maximum absolute atomic E-state index is 10.4. The van der Waals surface area contributed by atoms with Crippen LogP contribution in [0.4, 0.5) is 0 Å². The fraction of sp³-hybridized carbons (Fsp3) is 0.944. The lowest BCUT2D eigenvalue weighted by Gasteiger charge is -2.24. The van der Waals surface area contributed by atoms with Gasteiger partial charge in [-0.15, -0.1) is 24.0 Å². The van der Waals surface area contributed by atoms with Crippen LogP contribution >= 0.6 is 24.0 Å². The van der Waals surface area contributed by atoms with Crippen LogP contribution in [0.5, 0.6) is 0 Å². The van der Waals surface area contributed by atoms with Gasteiger partial charge >= 0.3 is 0 Å². The van der Waals surface area contributed by atoms with E-state index in [0.29, 0.717) is 12.6 Å². The van der Waals surface area contributed by atoms with E-state index >= 15 is 0 Å². The van der Waals surface area contributed by atoms with Crippen LogP contribution in [0.2, 0.25) is 0 Å². The van der Waals surface area contributed by atoms with E-state index in [9.17, 15) is 5.11 Å². The zero-order chi connectivity index (χ0) is 17.7. The summed E-state index contributed by atoms with van der Waals surface area (Å²) in [6, 6.07) is 0.375. The molecule has 24 heavy (non-hydrogen) atoms. The van der Waals surface area contributed by atoms with Crippen molar-refractivity contribution in [2.75, 3.05) is 32.7 Å². The van der Waals surface area contributed by atoms with Crippen LogP contribution in [0.3, 0.4) is 0 Å². The van der Waals surface area contributed by atoms with Crippen molar-refractivity contribution >= 4 is 29.9 Å². The van der Waals surface area contributed by atoms with E-state index in [0.717, 1.165) is 51.4 Å². The van der Waals surface area contributed by atoms with Crippen LogP contribution in [0.15, 0.2) is 4.99 Å². The van der Waals surface area contributed by atoms with Crippen LogP contribution in [0, 0.1) is 0 Å². The number of halogens is 1. The monoisotopic (exact) mass is 456 g/mol. The van der Waals surface area contributed by atoms with Crippen molar-refractivity contribution < 1.29 is 5.11 Å². The molecule has 0 radical (unpaired) electrons. The lowest BCUT2D eigenvalue weighted by molar-refractivity contribution is 0.0417. The van der Waals surface area contributed by atoms with Crippen molar-refractivity contribution in [1.29, 1.82) is 0 Å². The molecule has 3 N–H and O–H groups in total. The Morgan fingerprint density at radius 1 is 1.12 bits per heavy atom. The molecule has 0 aromatic rings. The number of hydrogen-bond donors (Lipinski definition) is 3. The summed E-state index contributed by atoms with van der Waals surface area (Å²) in [4.78, 5) is 7.03. The molecule has 0 saturated heterocycles. The van der Waals surface area contributed by atoms with Gasteiger partial charge in [0.1, 0.15) is 0 Å². The molecule has 0 aromatic heterocycles. The predicted molar refractivity (Wildman–Crippen MR) is 117 cm³/mol. The molecule has 0 aromatic carbocycles. The summed E-state index contributed by atoms with van der Waals surface area (Å²) in [5, 5.41) is 17.1. The summed E-state index contributed by atoms with van der Waals surface area (Å²) in [6.45, 7) is 17.4. The van der Waals surface area contributed by atoms with Crippen molar-refractivity contribution in [2.45, 2.75) is 78.9 Å². The molecule has 0 aliphatic rings. The smallest absolute Gasteiger partial charge is 0.191 e. The summed E-state index contributed by atoms with van der Waals surface area (Å²) >= 11 is 0. The fourth-order valence-electron chi connectivity index (χ4n) is 2.49. The van der Waals surface area contributed by atoms with Gasteiger partial charge in [0.2, 0.25) is 0 Å². The Kier molecular flexibility index (Phi) is 16.6. The zero-order valence-electron chi connectivity index (χ0n) is 16.7. The molecule has 0 spiro atoms. The molecule has 1 atom stereocenters. The van der Waals surface area contributed by atoms with Crippen molar-refractivity contribution in [2.24, 2.45) is 4.99 Å². The van der Waals surface area contributed by atoms with Gasteiger partial charge in [0.05, 0.1) is 12.1 Å². The Bertz CT molecular complexity index is 318.